The number of nitrogens with one attached hydrogen (secondary N) is 2. The third-order valence-electron chi connectivity index (χ3n) is 2.37. The molecule has 0 amide bonds. The van der Waals surface area contributed by atoms with Gasteiger partial charge in [-0.15, -0.1) is 0 Å². The standard InChI is InChI=1S/C13H22N2O/c1-12(11-16-2)14-9-6-10-15-13-7-4-3-5-8-13/h3-5,7-8,12,14-15H,6,9-11H2,1-2H3. The van der Waals surface area contributed by atoms with Crippen molar-refractivity contribution < 1.29 is 4.74 Å². The van der Waals surface area contributed by atoms with Gasteiger partial charge in [0.2, 0.25) is 0 Å². The van der Waals surface area contributed by atoms with E-state index < -0.39 is 0 Å². The molecule has 0 aliphatic rings. The minimum absolute atomic E-state index is 0.432. The molecule has 3 heteroatoms. The molecule has 2 N–H and O–H groups in total. The summed E-state index contributed by atoms with van der Waals surface area (Å²) < 4.78 is 5.05. The number of hydrogen-bond acceptors (Lipinski definition) is 3. The average molecular weight is 222 g/mol. The summed E-state index contributed by atoms with van der Waals surface area (Å²) in [4.78, 5) is 0. The fourth-order valence-electron chi connectivity index (χ4n) is 1.53. The highest BCUT2D eigenvalue weighted by Crippen LogP contribution is 2.04. The van der Waals surface area contributed by atoms with E-state index in [9.17, 15) is 0 Å². The molecule has 1 atom stereocenters. The molecule has 1 rings (SSSR count). The highest BCUT2D eigenvalue weighted by atomic mass is 16.5. The van der Waals surface area contributed by atoms with E-state index in [1.807, 2.05) is 18.2 Å². The Morgan fingerprint density at radius 3 is 2.62 bits per heavy atom. The molecule has 16 heavy (non-hydrogen) atoms. The molecule has 3 nitrogen and oxygen atoms in total. The molecule has 0 saturated carbocycles. The van der Waals surface area contributed by atoms with Crippen molar-refractivity contribution >= 4 is 5.69 Å². The van der Waals surface area contributed by atoms with Gasteiger partial charge in [-0.25, -0.2) is 0 Å². The van der Waals surface area contributed by atoms with Gasteiger partial charge >= 0.3 is 0 Å². The molecular formula is C13H22N2O. The largest absolute Gasteiger partial charge is 0.385 e. The Morgan fingerprint density at radius 2 is 1.94 bits per heavy atom. The van der Waals surface area contributed by atoms with Gasteiger partial charge in [0.05, 0.1) is 6.61 Å². The van der Waals surface area contributed by atoms with E-state index >= 15 is 0 Å². The first-order valence-corrected chi connectivity index (χ1v) is 5.84. The summed E-state index contributed by atoms with van der Waals surface area (Å²) in [5.74, 6) is 0. The molecular weight excluding hydrogens is 200 g/mol. The Bertz CT molecular complexity index is 264. The maximum absolute atomic E-state index is 5.05. The summed E-state index contributed by atoms with van der Waals surface area (Å²) in [5, 5.41) is 6.78. The van der Waals surface area contributed by atoms with Crippen molar-refractivity contribution in [3.8, 4) is 0 Å². The fraction of sp³-hybridized carbons (Fsp3) is 0.538. The first-order valence-electron chi connectivity index (χ1n) is 5.84. The molecule has 1 unspecified atom stereocenters. The van der Waals surface area contributed by atoms with Gasteiger partial charge in [-0.3, -0.25) is 0 Å². The van der Waals surface area contributed by atoms with E-state index in [0.29, 0.717) is 6.04 Å². The van der Waals surface area contributed by atoms with E-state index in [1.165, 1.54) is 5.69 Å². The molecule has 0 heterocycles. The van der Waals surface area contributed by atoms with Gasteiger partial charge in [0.25, 0.3) is 0 Å². The zero-order valence-corrected chi connectivity index (χ0v) is 10.2. The molecule has 0 saturated heterocycles. The Morgan fingerprint density at radius 1 is 1.19 bits per heavy atom. The van der Waals surface area contributed by atoms with Crippen LogP contribution in [0.5, 0.6) is 0 Å². The maximum Gasteiger partial charge on any atom is 0.0613 e. The lowest BCUT2D eigenvalue weighted by molar-refractivity contribution is 0.172. The van der Waals surface area contributed by atoms with Gasteiger partial charge in [-0.2, -0.15) is 0 Å². The molecule has 0 aliphatic carbocycles. The fourth-order valence-corrected chi connectivity index (χ4v) is 1.53. The molecule has 90 valence electrons. The van der Waals surface area contributed by atoms with Crippen LogP contribution in [0.15, 0.2) is 30.3 Å². The van der Waals surface area contributed by atoms with Crippen LogP contribution in [-0.4, -0.2) is 32.8 Å². The van der Waals surface area contributed by atoms with Crippen LogP contribution in [0.1, 0.15) is 13.3 Å². The van der Waals surface area contributed by atoms with Crippen LogP contribution >= 0.6 is 0 Å². The van der Waals surface area contributed by atoms with Crippen molar-refractivity contribution in [2.75, 3.05) is 32.1 Å². The normalized spacial score (nSPS) is 12.4. The highest BCUT2D eigenvalue weighted by Gasteiger charge is 1.98. The molecule has 1 aromatic rings. The van der Waals surface area contributed by atoms with E-state index in [1.54, 1.807) is 7.11 Å². The number of anilines is 1. The highest BCUT2D eigenvalue weighted by molar-refractivity contribution is 5.42. The second-order valence-electron chi connectivity index (χ2n) is 3.96. The van der Waals surface area contributed by atoms with Crippen molar-refractivity contribution in [3.63, 3.8) is 0 Å². The molecule has 0 bridgehead atoms. The third kappa shape index (κ3) is 5.73. The van der Waals surface area contributed by atoms with Gasteiger partial charge in [0.1, 0.15) is 0 Å². The summed E-state index contributed by atoms with van der Waals surface area (Å²) in [6, 6.07) is 10.7. The van der Waals surface area contributed by atoms with Crippen LogP contribution in [0, 0.1) is 0 Å². The van der Waals surface area contributed by atoms with Crippen molar-refractivity contribution in [3.05, 3.63) is 30.3 Å². The SMILES string of the molecule is COCC(C)NCCCNc1ccccc1. The van der Waals surface area contributed by atoms with Crippen LogP contribution in [0.3, 0.4) is 0 Å². The Balaban J connectivity index is 2.00. The molecule has 0 aliphatic heterocycles. The molecule has 0 fully saturated rings. The molecule has 0 aromatic heterocycles. The summed E-state index contributed by atoms with van der Waals surface area (Å²) in [6.45, 7) is 4.92. The Hall–Kier alpha value is -1.06. The molecule has 0 radical (unpaired) electrons. The monoisotopic (exact) mass is 222 g/mol. The van der Waals surface area contributed by atoms with Crippen LogP contribution < -0.4 is 10.6 Å². The first kappa shape index (κ1) is 13.0. The minimum atomic E-state index is 0.432. The van der Waals surface area contributed by atoms with Crippen LogP contribution in [0.2, 0.25) is 0 Å². The lowest BCUT2D eigenvalue weighted by Crippen LogP contribution is -2.31. The van der Waals surface area contributed by atoms with E-state index in [4.69, 9.17) is 4.74 Å². The van der Waals surface area contributed by atoms with Gasteiger partial charge in [0.15, 0.2) is 0 Å². The summed E-state index contributed by atoms with van der Waals surface area (Å²) in [7, 11) is 1.73. The lowest BCUT2D eigenvalue weighted by Gasteiger charge is -2.12. The van der Waals surface area contributed by atoms with Crippen molar-refractivity contribution in [1.29, 1.82) is 0 Å². The van der Waals surface area contributed by atoms with Crippen LogP contribution in [0.25, 0.3) is 0 Å². The van der Waals surface area contributed by atoms with Crippen molar-refractivity contribution in [1.82, 2.24) is 5.32 Å². The van der Waals surface area contributed by atoms with E-state index in [-0.39, 0.29) is 0 Å². The number of rotatable bonds is 8. The first-order chi connectivity index (χ1) is 7.83. The second kappa shape index (κ2) is 8.13. The molecule has 1 aromatic carbocycles. The summed E-state index contributed by atoms with van der Waals surface area (Å²) >= 11 is 0. The smallest absolute Gasteiger partial charge is 0.0613 e. The van der Waals surface area contributed by atoms with Crippen molar-refractivity contribution in [2.24, 2.45) is 0 Å². The maximum atomic E-state index is 5.05. The van der Waals surface area contributed by atoms with E-state index in [0.717, 1.165) is 26.1 Å². The van der Waals surface area contributed by atoms with Crippen molar-refractivity contribution in [2.45, 2.75) is 19.4 Å². The zero-order valence-electron chi connectivity index (χ0n) is 10.2. The van der Waals surface area contributed by atoms with Crippen LogP contribution in [-0.2, 0) is 4.74 Å². The predicted molar refractivity (Wildman–Crippen MR) is 68.9 cm³/mol. The second-order valence-corrected chi connectivity index (χ2v) is 3.96. The topological polar surface area (TPSA) is 33.3 Å². The summed E-state index contributed by atoms with van der Waals surface area (Å²) in [5.41, 5.74) is 1.19. The van der Waals surface area contributed by atoms with Gasteiger partial charge in [-0.1, -0.05) is 18.2 Å². The number of methoxy groups -OCH3 is 1. The molecule has 0 spiro atoms. The third-order valence-corrected chi connectivity index (χ3v) is 2.37. The van der Waals surface area contributed by atoms with Gasteiger partial charge in [-0.05, 0) is 32.0 Å². The number of hydrogen-bond donors (Lipinski definition) is 2. The lowest BCUT2D eigenvalue weighted by atomic mass is 10.3. The quantitative estimate of drug-likeness (QED) is 0.661. The van der Waals surface area contributed by atoms with Crippen LogP contribution in [0.4, 0.5) is 5.69 Å². The Labute approximate surface area is 98.2 Å². The Kier molecular flexibility index (Phi) is 6.61. The number of ether oxygens (including phenoxy) is 1. The predicted octanol–water partition coefficient (Wildman–Crippen LogP) is 2.11. The number of benzene rings is 1. The minimum Gasteiger partial charge on any atom is -0.385 e. The van der Waals surface area contributed by atoms with Gasteiger partial charge in [0, 0.05) is 25.4 Å². The van der Waals surface area contributed by atoms with E-state index in [2.05, 4.69) is 29.7 Å². The number of para-hydroxylation sites is 1. The summed E-state index contributed by atoms with van der Waals surface area (Å²) in [6.07, 6.45) is 1.11. The average Bonchev–Trinajstić information content (AvgIpc) is 2.30. The zero-order chi connectivity index (χ0) is 11.6. The van der Waals surface area contributed by atoms with Gasteiger partial charge < -0.3 is 15.4 Å².